The molecule has 0 radical (unpaired) electrons. The number of benzene rings is 1. The standard InChI is InChI=1S/C10H10Cl3NO/c1-6(11)9(13)10(15)14-8-4-2-3-7(12)5-8/h2-6,9H,1H3,(H,14,15). The lowest BCUT2D eigenvalue weighted by Crippen LogP contribution is -2.29. The van der Waals surface area contributed by atoms with Crippen LogP contribution in [0.4, 0.5) is 5.69 Å². The van der Waals surface area contributed by atoms with Gasteiger partial charge >= 0.3 is 0 Å². The number of carbonyl (C=O) groups is 1. The summed E-state index contributed by atoms with van der Waals surface area (Å²) in [6.07, 6.45) is 0. The number of anilines is 1. The van der Waals surface area contributed by atoms with Crippen molar-refractivity contribution in [1.29, 1.82) is 0 Å². The molecule has 0 spiro atoms. The van der Waals surface area contributed by atoms with Crippen molar-refractivity contribution in [3.8, 4) is 0 Å². The zero-order valence-corrected chi connectivity index (χ0v) is 10.3. The maximum atomic E-state index is 11.5. The molecule has 0 saturated carbocycles. The predicted octanol–water partition coefficient (Wildman–Crippen LogP) is 3.51. The van der Waals surface area contributed by atoms with Gasteiger partial charge in [0.1, 0.15) is 5.38 Å². The molecule has 2 atom stereocenters. The van der Waals surface area contributed by atoms with Crippen LogP contribution in [0.1, 0.15) is 6.92 Å². The third-order valence-corrected chi connectivity index (χ3v) is 2.94. The first kappa shape index (κ1) is 12.6. The fourth-order valence-corrected chi connectivity index (χ4v) is 1.35. The summed E-state index contributed by atoms with van der Waals surface area (Å²) in [5, 5.41) is 1.99. The van der Waals surface area contributed by atoms with Crippen molar-refractivity contribution in [3.63, 3.8) is 0 Å². The molecule has 1 amide bonds. The first-order valence-corrected chi connectivity index (χ1v) is 5.60. The van der Waals surface area contributed by atoms with Crippen LogP contribution in [0.3, 0.4) is 0 Å². The van der Waals surface area contributed by atoms with E-state index in [4.69, 9.17) is 34.8 Å². The van der Waals surface area contributed by atoms with Gasteiger partial charge < -0.3 is 5.32 Å². The summed E-state index contributed by atoms with van der Waals surface area (Å²) in [6.45, 7) is 1.66. The molecule has 0 saturated heterocycles. The van der Waals surface area contributed by atoms with Crippen LogP contribution in [0, 0.1) is 0 Å². The Morgan fingerprint density at radius 2 is 2.07 bits per heavy atom. The number of nitrogens with one attached hydrogen (secondary N) is 1. The maximum Gasteiger partial charge on any atom is 0.243 e. The Hall–Kier alpha value is -0.440. The van der Waals surface area contributed by atoms with Crippen LogP contribution in [0.5, 0.6) is 0 Å². The second-order valence-corrected chi connectivity index (χ2v) is 4.67. The van der Waals surface area contributed by atoms with E-state index in [2.05, 4.69) is 5.32 Å². The van der Waals surface area contributed by atoms with Crippen LogP contribution >= 0.6 is 34.8 Å². The van der Waals surface area contributed by atoms with Gasteiger partial charge in [-0.1, -0.05) is 17.7 Å². The summed E-state index contributed by atoms with van der Waals surface area (Å²) >= 11 is 17.2. The Morgan fingerprint density at radius 1 is 1.40 bits per heavy atom. The average molecular weight is 267 g/mol. The number of hydrogen-bond acceptors (Lipinski definition) is 1. The van der Waals surface area contributed by atoms with E-state index in [1.54, 1.807) is 31.2 Å². The van der Waals surface area contributed by atoms with Crippen molar-refractivity contribution < 1.29 is 4.79 Å². The topological polar surface area (TPSA) is 29.1 Å². The molecular formula is C10H10Cl3NO. The summed E-state index contributed by atoms with van der Waals surface area (Å²) in [7, 11) is 0. The molecule has 1 rings (SSSR count). The third kappa shape index (κ3) is 3.90. The van der Waals surface area contributed by atoms with Gasteiger partial charge in [0.15, 0.2) is 0 Å². The van der Waals surface area contributed by atoms with E-state index < -0.39 is 10.8 Å². The second kappa shape index (κ2) is 5.59. The molecule has 1 aromatic rings. The predicted molar refractivity (Wildman–Crippen MR) is 65.0 cm³/mol. The minimum Gasteiger partial charge on any atom is -0.325 e. The number of halogens is 3. The Bertz CT molecular complexity index is 354. The zero-order chi connectivity index (χ0) is 11.4. The van der Waals surface area contributed by atoms with Crippen molar-refractivity contribution in [2.75, 3.05) is 5.32 Å². The lowest BCUT2D eigenvalue weighted by Gasteiger charge is -2.12. The first-order chi connectivity index (χ1) is 7.00. The van der Waals surface area contributed by atoms with E-state index in [1.165, 1.54) is 0 Å². The molecule has 5 heteroatoms. The van der Waals surface area contributed by atoms with E-state index in [0.717, 1.165) is 0 Å². The summed E-state index contributed by atoms with van der Waals surface area (Å²) in [4.78, 5) is 11.5. The molecule has 0 aliphatic carbocycles. The van der Waals surface area contributed by atoms with Crippen LogP contribution in [0.25, 0.3) is 0 Å². The highest BCUT2D eigenvalue weighted by atomic mass is 35.5. The zero-order valence-electron chi connectivity index (χ0n) is 8.01. The van der Waals surface area contributed by atoms with Gasteiger partial charge in [0.05, 0.1) is 5.38 Å². The molecule has 0 heterocycles. The fourth-order valence-electron chi connectivity index (χ4n) is 0.986. The van der Waals surface area contributed by atoms with Crippen molar-refractivity contribution in [2.45, 2.75) is 17.7 Å². The normalized spacial score (nSPS) is 14.4. The third-order valence-electron chi connectivity index (χ3n) is 1.75. The molecule has 2 unspecified atom stereocenters. The minimum atomic E-state index is -0.759. The van der Waals surface area contributed by atoms with Gasteiger partial charge in [0.2, 0.25) is 5.91 Å². The molecule has 15 heavy (non-hydrogen) atoms. The highest BCUT2D eigenvalue weighted by Crippen LogP contribution is 2.17. The number of hydrogen-bond donors (Lipinski definition) is 1. The van der Waals surface area contributed by atoms with Crippen molar-refractivity contribution in [2.24, 2.45) is 0 Å². The summed E-state index contributed by atoms with van der Waals surface area (Å²) in [5.74, 6) is -0.332. The van der Waals surface area contributed by atoms with Crippen molar-refractivity contribution in [3.05, 3.63) is 29.3 Å². The minimum absolute atomic E-state index is 0.332. The number of carbonyl (C=O) groups excluding carboxylic acids is 1. The lowest BCUT2D eigenvalue weighted by atomic mass is 10.2. The van der Waals surface area contributed by atoms with Gasteiger partial charge in [-0.3, -0.25) is 4.79 Å². The van der Waals surface area contributed by atoms with Crippen LogP contribution in [-0.2, 0) is 4.79 Å². The summed E-state index contributed by atoms with van der Waals surface area (Å²) in [6, 6.07) is 6.83. The highest BCUT2D eigenvalue weighted by Gasteiger charge is 2.20. The van der Waals surface area contributed by atoms with Gasteiger partial charge in [-0.2, -0.15) is 0 Å². The Morgan fingerprint density at radius 3 is 2.60 bits per heavy atom. The molecule has 0 fully saturated rings. The highest BCUT2D eigenvalue weighted by molar-refractivity contribution is 6.38. The smallest absolute Gasteiger partial charge is 0.243 e. The van der Waals surface area contributed by atoms with Gasteiger partial charge in [0, 0.05) is 10.7 Å². The van der Waals surface area contributed by atoms with Crippen LogP contribution < -0.4 is 5.32 Å². The maximum absolute atomic E-state index is 11.5. The average Bonchev–Trinajstić information content (AvgIpc) is 2.16. The van der Waals surface area contributed by atoms with Crippen LogP contribution in [0.2, 0.25) is 5.02 Å². The fraction of sp³-hybridized carbons (Fsp3) is 0.300. The van der Waals surface area contributed by atoms with Crippen LogP contribution in [-0.4, -0.2) is 16.7 Å². The Labute approximate surface area is 104 Å². The molecule has 0 aromatic heterocycles. The second-order valence-electron chi connectivity index (χ2n) is 3.08. The molecule has 0 bridgehead atoms. The quantitative estimate of drug-likeness (QED) is 0.834. The lowest BCUT2D eigenvalue weighted by molar-refractivity contribution is -0.115. The van der Waals surface area contributed by atoms with E-state index in [0.29, 0.717) is 10.7 Å². The number of amides is 1. The van der Waals surface area contributed by atoms with E-state index in [-0.39, 0.29) is 5.91 Å². The SMILES string of the molecule is CC(Cl)C(Cl)C(=O)Nc1cccc(Cl)c1. The van der Waals surface area contributed by atoms with Gasteiger partial charge in [-0.05, 0) is 25.1 Å². The van der Waals surface area contributed by atoms with Crippen molar-refractivity contribution >= 4 is 46.4 Å². The molecule has 82 valence electrons. The summed E-state index contributed by atoms with van der Waals surface area (Å²) < 4.78 is 0. The van der Waals surface area contributed by atoms with Crippen LogP contribution in [0.15, 0.2) is 24.3 Å². The molecule has 1 aromatic carbocycles. The Kier molecular flexibility index (Phi) is 4.71. The monoisotopic (exact) mass is 265 g/mol. The van der Waals surface area contributed by atoms with Gasteiger partial charge in [-0.25, -0.2) is 0 Å². The number of rotatable bonds is 3. The van der Waals surface area contributed by atoms with Gasteiger partial charge in [0.25, 0.3) is 0 Å². The number of alkyl halides is 2. The largest absolute Gasteiger partial charge is 0.325 e. The first-order valence-electron chi connectivity index (χ1n) is 4.35. The van der Waals surface area contributed by atoms with Gasteiger partial charge in [-0.15, -0.1) is 23.2 Å². The van der Waals surface area contributed by atoms with Crippen molar-refractivity contribution in [1.82, 2.24) is 0 Å². The molecule has 0 aliphatic heterocycles. The molecule has 1 N–H and O–H groups in total. The Balaban J connectivity index is 2.66. The summed E-state index contributed by atoms with van der Waals surface area (Å²) in [5.41, 5.74) is 0.607. The van der Waals surface area contributed by atoms with E-state index >= 15 is 0 Å². The molecule has 2 nitrogen and oxygen atoms in total. The molecular weight excluding hydrogens is 256 g/mol. The molecule has 0 aliphatic rings. The van der Waals surface area contributed by atoms with E-state index in [1.807, 2.05) is 0 Å². The van der Waals surface area contributed by atoms with E-state index in [9.17, 15) is 4.79 Å².